The summed E-state index contributed by atoms with van der Waals surface area (Å²) in [6, 6.07) is 0. The molecule has 1 aliphatic rings. The van der Waals surface area contributed by atoms with Crippen LogP contribution < -0.4 is 0 Å². The molecule has 1 saturated carbocycles. The summed E-state index contributed by atoms with van der Waals surface area (Å²) < 4.78 is 0. The van der Waals surface area contributed by atoms with E-state index in [1.54, 1.807) is 0 Å². The third-order valence-corrected chi connectivity index (χ3v) is 4.71. The summed E-state index contributed by atoms with van der Waals surface area (Å²) in [4.78, 5) is 10.4. The van der Waals surface area contributed by atoms with Gasteiger partial charge < -0.3 is 5.11 Å². The zero-order chi connectivity index (χ0) is 14.6. The molecule has 2 atom stereocenters. The fourth-order valence-corrected chi connectivity index (χ4v) is 3.24. The molecular weight excluding hydrogens is 248 g/mol. The van der Waals surface area contributed by atoms with Crippen molar-refractivity contribution in [2.75, 3.05) is 0 Å². The highest BCUT2D eigenvalue weighted by molar-refractivity contribution is 5.66. The minimum atomic E-state index is -0.650. The number of rotatable bonds is 14. The number of aliphatic carboxylic acids is 1. The molecule has 2 nitrogen and oxygen atoms in total. The Morgan fingerprint density at radius 3 is 1.90 bits per heavy atom. The van der Waals surface area contributed by atoms with Crippen LogP contribution in [0.1, 0.15) is 96.8 Å². The lowest BCUT2D eigenvalue weighted by atomic mass is 10.0. The van der Waals surface area contributed by atoms with Crippen LogP contribution in [0.5, 0.6) is 0 Å². The van der Waals surface area contributed by atoms with Gasteiger partial charge in [-0.25, -0.2) is 0 Å². The Morgan fingerprint density at radius 2 is 1.35 bits per heavy atom. The molecule has 1 N–H and O–H groups in total. The lowest BCUT2D eigenvalue weighted by molar-refractivity contribution is -0.137. The first kappa shape index (κ1) is 17.5. The zero-order valence-corrected chi connectivity index (χ0v) is 13.4. The maximum Gasteiger partial charge on any atom is 0.303 e. The van der Waals surface area contributed by atoms with Crippen molar-refractivity contribution in [3.63, 3.8) is 0 Å². The molecule has 0 bridgehead atoms. The molecule has 1 rings (SSSR count). The molecule has 0 saturated heterocycles. The molecule has 0 radical (unpaired) electrons. The van der Waals surface area contributed by atoms with Crippen molar-refractivity contribution in [2.24, 2.45) is 11.8 Å². The molecule has 2 heteroatoms. The van der Waals surface area contributed by atoms with E-state index in [-0.39, 0.29) is 0 Å². The Morgan fingerprint density at radius 1 is 0.850 bits per heavy atom. The standard InChI is InChI=1S/C18H34O2/c1-2-3-9-12-16-15-17(16)13-10-7-5-4-6-8-11-14-18(19)20/h16-17H,2-15H2,1H3,(H,19,20). The van der Waals surface area contributed by atoms with Gasteiger partial charge in [-0.2, -0.15) is 0 Å². The number of unbranched alkanes of at least 4 members (excludes halogenated alkanes) is 8. The van der Waals surface area contributed by atoms with Crippen LogP contribution in [-0.4, -0.2) is 11.1 Å². The van der Waals surface area contributed by atoms with E-state index in [4.69, 9.17) is 5.11 Å². The van der Waals surface area contributed by atoms with E-state index in [0.29, 0.717) is 6.42 Å². The smallest absolute Gasteiger partial charge is 0.303 e. The molecule has 118 valence electrons. The van der Waals surface area contributed by atoms with Gasteiger partial charge in [-0.15, -0.1) is 0 Å². The summed E-state index contributed by atoms with van der Waals surface area (Å²) in [5, 5.41) is 8.53. The van der Waals surface area contributed by atoms with E-state index in [9.17, 15) is 4.79 Å². The van der Waals surface area contributed by atoms with Gasteiger partial charge in [-0.3, -0.25) is 4.79 Å². The molecule has 20 heavy (non-hydrogen) atoms. The predicted octanol–water partition coefficient (Wildman–Crippen LogP) is 5.80. The van der Waals surface area contributed by atoms with Crippen LogP contribution in [0.25, 0.3) is 0 Å². The second-order valence-electron chi connectivity index (χ2n) is 6.66. The molecular formula is C18H34O2. The molecule has 0 spiro atoms. The largest absolute Gasteiger partial charge is 0.481 e. The van der Waals surface area contributed by atoms with Crippen LogP contribution in [0.3, 0.4) is 0 Å². The van der Waals surface area contributed by atoms with Crippen LogP contribution in [0.4, 0.5) is 0 Å². The zero-order valence-electron chi connectivity index (χ0n) is 13.4. The molecule has 2 unspecified atom stereocenters. The first-order chi connectivity index (χ1) is 9.74. The highest BCUT2D eigenvalue weighted by Crippen LogP contribution is 2.45. The quantitative estimate of drug-likeness (QED) is 0.409. The van der Waals surface area contributed by atoms with Gasteiger partial charge in [-0.1, -0.05) is 77.6 Å². The van der Waals surface area contributed by atoms with Gasteiger partial charge in [0.2, 0.25) is 0 Å². The molecule has 0 heterocycles. The van der Waals surface area contributed by atoms with Crippen molar-refractivity contribution in [1.82, 2.24) is 0 Å². The van der Waals surface area contributed by atoms with Gasteiger partial charge >= 0.3 is 5.97 Å². The monoisotopic (exact) mass is 282 g/mol. The Bertz CT molecular complexity index is 250. The highest BCUT2D eigenvalue weighted by atomic mass is 16.4. The number of carboxylic acids is 1. The molecule has 0 aromatic heterocycles. The Balaban J connectivity index is 1.74. The summed E-state index contributed by atoms with van der Waals surface area (Å²) in [5.74, 6) is 1.50. The van der Waals surface area contributed by atoms with Crippen LogP contribution in [0.2, 0.25) is 0 Å². The predicted molar refractivity (Wildman–Crippen MR) is 84.9 cm³/mol. The number of hydrogen-bond acceptors (Lipinski definition) is 1. The maximum absolute atomic E-state index is 10.4. The Hall–Kier alpha value is -0.530. The first-order valence-electron chi connectivity index (χ1n) is 8.95. The first-order valence-corrected chi connectivity index (χ1v) is 8.95. The van der Waals surface area contributed by atoms with E-state index in [2.05, 4.69) is 6.92 Å². The fourth-order valence-electron chi connectivity index (χ4n) is 3.24. The van der Waals surface area contributed by atoms with Crippen molar-refractivity contribution in [3.8, 4) is 0 Å². The minimum absolute atomic E-state index is 0.348. The van der Waals surface area contributed by atoms with E-state index in [0.717, 1.165) is 24.7 Å². The van der Waals surface area contributed by atoms with Crippen LogP contribution >= 0.6 is 0 Å². The Labute approximate surface area is 125 Å². The minimum Gasteiger partial charge on any atom is -0.481 e. The second-order valence-corrected chi connectivity index (χ2v) is 6.66. The van der Waals surface area contributed by atoms with E-state index in [1.807, 2.05) is 0 Å². The van der Waals surface area contributed by atoms with Crippen molar-refractivity contribution >= 4 is 5.97 Å². The van der Waals surface area contributed by atoms with Gasteiger partial charge in [0.05, 0.1) is 0 Å². The Kier molecular flexibility index (Phi) is 9.78. The van der Waals surface area contributed by atoms with E-state index < -0.39 is 5.97 Å². The number of hydrogen-bond donors (Lipinski definition) is 1. The molecule has 0 aromatic carbocycles. The fraction of sp³-hybridized carbons (Fsp3) is 0.944. The van der Waals surface area contributed by atoms with Crippen molar-refractivity contribution in [1.29, 1.82) is 0 Å². The van der Waals surface area contributed by atoms with Gasteiger partial charge in [0.15, 0.2) is 0 Å². The van der Waals surface area contributed by atoms with E-state index in [1.165, 1.54) is 70.6 Å². The normalized spacial score (nSPS) is 21.1. The number of carbonyl (C=O) groups is 1. The topological polar surface area (TPSA) is 37.3 Å². The van der Waals surface area contributed by atoms with Crippen LogP contribution in [0.15, 0.2) is 0 Å². The summed E-state index contributed by atoms with van der Waals surface area (Å²) >= 11 is 0. The summed E-state index contributed by atoms with van der Waals surface area (Å²) in [6.45, 7) is 2.28. The van der Waals surface area contributed by atoms with Crippen LogP contribution in [0, 0.1) is 11.8 Å². The summed E-state index contributed by atoms with van der Waals surface area (Å²) in [6.07, 6.45) is 17.7. The third-order valence-electron chi connectivity index (χ3n) is 4.71. The lowest BCUT2D eigenvalue weighted by Gasteiger charge is -2.02. The van der Waals surface area contributed by atoms with Crippen molar-refractivity contribution in [2.45, 2.75) is 96.8 Å². The van der Waals surface area contributed by atoms with Gasteiger partial charge in [0, 0.05) is 6.42 Å². The SMILES string of the molecule is CCCCCC1CC1CCCCCCCCCC(=O)O. The van der Waals surface area contributed by atoms with Crippen molar-refractivity contribution in [3.05, 3.63) is 0 Å². The van der Waals surface area contributed by atoms with Crippen molar-refractivity contribution < 1.29 is 9.90 Å². The number of carboxylic acid groups (broad SMARTS) is 1. The molecule has 1 fully saturated rings. The van der Waals surface area contributed by atoms with Crippen LogP contribution in [-0.2, 0) is 4.79 Å². The molecule has 1 aliphatic carbocycles. The summed E-state index contributed by atoms with van der Waals surface area (Å²) in [7, 11) is 0. The lowest BCUT2D eigenvalue weighted by Crippen LogP contribution is -1.93. The van der Waals surface area contributed by atoms with E-state index >= 15 is 0 Å². The summed E-state index contributed by atoms with van der Waals surface area (Å²) in [5.41, 5.74) is 0. The second kappa shape index (κ2) is 11.2. The molecule has 0 aromatic rings. The third kappa shape index (κ3) is 9.39. The van der Waals surface area contributed by atoms with Gasteiger partial charge in [-0.05, 0) is 24.7 Å². The molecule has 0 aliphatic heterocycles. The average Bonchev–Trinajstić information content (AvgIpc) is 3.15. The van der Waals surface area contributed by atoms with Gasteiger partial charge in [0.25, 0.3) is 0 Å². The molecule has 0 amide bonds. The highest BCUT2D eigenvalue weighted by Gasteiger charge is 2.34. The van der Waals surface area contributed by atoms with Gasteiger partial charge in [0.1, 0.15) is 0 Å². The maximum atomic E-state index is 10.4. The average molecular weight is 282 g/mol.